The second-order valence-corrected chi connectivity index (χ2v) is 7.57. The third-order valence-electron chi connectivity index (χ3n) is 4.25. The van der Waals surface area contributed by atoms with Crippen LogP contribution in [0.25, 0.3) is 0 Å². The van der Waals surface area contributed by atoms with Gasteiger partial charge in [0.25, 0.3) is 10.0 Å². The van der Waals surface area contributed by atoms with Crippen molar-refractivity contribution in [3.8, 4) is 0 Å². The largest absolute Gasteiger partial charge is 0.279 e. The van der Waals surface area contributed by atoms with Gasteiger partial charge in [-0.15, -0.1) is 0 Å². The number of anilines is 1. The maximum absolute atomic E-state index is 12.6. The molecule has 1 saturated carbocycles. The smallest absolute Gasteiger partial charge is 0.265 e. The van der Waals surface area contributed by atoms with Crippen LogP contribution in [0.4, 0.5) is 5.69 Å². The lowest BCUT2D eigenvalue weighted by atomic mass is 10.2. The number of benzene rings is 1. The average Bonchev–Trinajstić information content (AvgIpc) is 3.10. The number of hydrogen-bond acceptors (Lipinski definition) is 3. The fourth-order valence-electron chi connectivity index (χ4n) is 2.97. The van der Waals surface area contributed by atoms with Crippen molar-refractivity contribution in [1.29, 1.82) is 0 Å². The Balaban J connectivity index is 1.90. The highest BCUT2D eigenvalue weighted by molar-refractivity contribution is 7.92. The van der Waals surface area contributed by atoms with Gasteiger partial charge in [0.1, 0.15) is 4.90 Å². The van der Waals surface area contributed by atoms with Crippen molar-refractivity contribution >= 4 is 15.7 Å². The highest BCUT2D eigenvalue weighted by atomic mass is 32.2. The van der Waals surface area contributed by atoms with Crippen LogP contribution in [0.1, 0.15) is 43.0 Å². The molecule has 6 heteroatoms. The van der Waals surface area contributed by atoms with Crippen molar-refractivity contribution in [2.24, 2.45) is 0 Å². The molecule has 1 aliphatic rings. The molecule has 118 valence electrons. The molecular weight excluding hydrogens is 298 g/mol. The van der Waals surface area contributed by atoms with E-state index in [0.29, 0.717) is 17.4 Å². The summed E-state index contributed by atoms with van der Waals surface area (Å²) in [6, 6.07) is 7.69. The van der Waals surface area contributed by atoms with E-state index in [2.05, 4.69) is 9.82 Å². The molecule has 0 unspecified atom stereocenters. The molecule has 1 N–H and O–H groups in total. The van der Waals surface area contributed by atoms with Gasteiger partial charge in [0.2, 0.25) is 0 Å². The summed E-state index contributed by atoms with van der Waals surface area (Å²) in [7, 11) is -3.61. The van der Waals surface area contributed by atoms with Gasteiger partial charge in [0.05, 0.1) is 17.4 Å². The predicted molar refractivity (Wildman–Crippen MR) is 86.5 cm³/mol. The number of rotatable bonds is 4. The van der Waals surface area contributed by atoms with E-state index in [-0.39, 0.29) is 4.90 Å². The number of hydrogen-bond donors (Lipinski definition) is 1. The molecular formula is C16H21N3O2S. The van der Waals surface area contributed by atoms with Gasteiger partial charge < -0.3 is 0 Å². The van der Waals surface area contributed by atoms with Gasteiger partial charge in [-0.2, -0.15) is 5.10 Å². The van der Waals surface area contributed by atoms with Crippen LogP contribution in [-0.4, -0.2) is 18.2 Å². The molecule has 1 aliphatic carbocycles. The van der Waals surface area contributed by atoms with Crippen LogP contribution < -0.4 is 4.72 Å². The minimum Gasteiger partial charge on any atom is -0.279 e. The van der Waals surface area contributed by atoms with Gasteiger partial charge in [-0.25, -0.2) is 8.42 Å². The summed E-state index contributed by atoms with van der Waals surface area (Å²) in [5.41, 5.74) is 2.05. The summed E-state index contributed by atoms with van der Waals surface area (Å²) in [4.78, 5) is 0.266. The molecule has 1 aromatic carbocycles. The molecule has 0 atom stereocenters. The molecule has 22 heavy (non-hydrogen) atoms. The van der Waals surface area contributed by atoms with Gasteiger partial charge in [-0.3, -0.25) is 9.40 Å². The topological polar surface area (TPSA) is 64.0 Å². The summed E-state index contributed by atoms with van der Waals surface area (Å²) >= 11 is 0. The zero-order valence-electron chi connectivity index (χ0n) is 12.9. The fraction of sp³-hybridized carbons (Fsp3) is 0.438. The Bertz CT molecular complexity index is 774. The summed E-state index contributed by atoms with van der Waals surface area (Å²) < 4.78 is 29.8. The Hall–Kier alpha value is -1.82. The van der Waals surface area contributed by atoms with E-state index in [9.17, 15) is 8.42 Å². The van der Waals surface area contributed by atoms with Crippen LogP contribution in [0.5, 0.6) is 0 Å². The molecule has 0 radical (unpaired) electrons. The quantitative estimate of drug-likeness (QED) is 0.939. The lowest BCUT2D eigenvalue weighted by Gasteiger charge is -2.10. The van der Waals surface area contributed by atoms with Crippen LogP contribution in [0.2, 0.25) is 0 Å². The predicted octanol–water partition coefficient (Wildman–Crippen LogP) is 3.42. The third kappa shape index (κ3) is 2.88. The third-order valence-corrected chi connectivity index (χ3v) is 5.72. The second-order valence-electron chi connectivity index (χ2n) is 5.92. The van der Waals surface area contributed by atoms with E-state index >= 15 is 0 Å². The molecule has 1 fully saturated rings. The zero-order chi connectivity index (χ0) is 15.7. The normalized spacial score (nSPS) is 16.1. The summed E-state index contributed by atoms with van der Waals surface area (Å²) in [5, 5.41) is 4.42. The summed E-state index contributed by atoms with van der Waals surface area (Å²) in [6.45, 7) is 3.63. The maximum Gasteiger partial charge on any atom is 0.265 e. The Morgan fingerprint density at radius 3 is 2.55 bits per heavy atom. The first-order valence-electron chi connectivity index (χ1n) is 7.61. The van der Waals surface area contributed by atoms with Crippen molar-refractivity contribution in [3.63, 3.8) is 0 Å². The van der Waals surface area contributed by atoms with E-state index in [0.717, 1.165) is 18.4 Å². The van der Waals surface area contributed by atoms with Crippen molar-refractivity contribution in [2.45, 2.75) is 50.5 Å². The molecule has 1 heterocycles. The first-order valence-corrected chi connectivity index (χ1v) is 9.10. The maximum atomic E-state index is 12.6. The van der Waals surface area contributed by atoms with Gasteiger partial charge in [-0.05, 0) is 38.3 Å². The van der Waals surface area contributed by atoms with E-state index in [4.69, 9.17) is 0 Å². The standard InChI is InChI=1S/C16H21N3O2S/c1-12-7-3-6-10-15(12)18-22(20,21)16-11-19(17-13(16)2)14-8-4-5-9-14/h3,6-7,10-11,14,18H,4-5,8-9H2,1-2H3. The van der Waals surface area contributed by atoms with E-state index < -0.39 is 10.0 Å². The van der Waals surface area contributed by atoms with Crippen LogP contribution >= 0.6 is 0 Å². The summed E-state index contributed by atoms with van der Waals surface area (Å²) in [6.07, 6.45) is 6.20. The molecule has 0 saturated heterocycles. The number of para-hydroxylation sites is 1. The lowest BCUT2D eigenvalue weighted by Crippen LogP contribution is -2.14. The van der Waals surface area contributed by atoms with E-state index in [1.807, 2.05) is 29.8 Å². The molecule has 0 aliphatic heterocycles. The van der Waals surface area contributed by atoms with E-state index in [1.165, 1.54) is 12.8 Å². The fourth-order valence-corrected chi connectivity index (χ4v) is 4.28. The lowest BCUT2D eigenvalue weighted by molar-refractivity contribution is 0.464. The van der Waals surface area contributed by atoms with Crippen molar-refractivity contribution in [1.82, 2.24) is 9.78 Å². The second kappa shape index (κ2) is 5.76. The monoisotopic (exact) mass is 319 g/mol. The Morgan fingerprint density at radius 1 is 1.18 bits per heavy atom. The first-order chi connectivity index (χ1) is 10.5. The van der Waals surface area contributed by atoms with Crippen LogP contribution in [0.15, 0.2) is 35.4 Å². The van der Waals surface area contributed by atoms with Crippen LogP contribution in [-0.2, 0) is 10.0 Å². The van der Waals surface area contributed by atoms with Gasteiger partial charge in [0, 0.05) is 6.20 Å². The molecule has 0 bridgehead atoms. The Morgan fingerprint density at radius 2 is 1.86 bits per heavy atom. The van der Waals surface area contributed by atoms with Crippen molar-refractivity contribution in [2.75, 3.05) is 4.72 Å². The molecule has 1 aromatic heterocycles. The number of sulfonamides is 1. The first kappa shape index (κ1) is 15.1. The minimum absolute atomic E-state index is 0.266. The highest BCUT2D eigenvalue weighted by Gasteiger charge is 2.24. The van der Waals surface area contributed by atoms with Crippen molar-refractivity contribution < 1.29 is 8.42 Å². The zero-order valence-corrected chi connectivity index (χ0v) is 13.7. The van der Waals surface area contributed by atoms with Gasteiger partial charge >= 0.3 is 0 Å². The number of aromatic nitrogens is 2. The van der Waals surface area contributed by atoms with Crippen LogP contribution in [0.3, 0.4) is 0 Å². The highest BCUT2D eigenvalue weighted by Crippen LogP contribution is 2.30. The van der Waals surface area contributed by atoms with Crippen LogP contribution in [0, 0.1) is 13.8 Å². The minimum atomic E-state index is -3.61. The molecule has 2 aromatic rings. The Kier molecular flexibility index (Phi) is 3.95. The molecule has 5 nitrogen and oxygen atoms in total. The van der Waals surface area contributed by atoms with Gasteiger partial charge in [-0.1, -0.05) is 31.0 Å². The Labute approximate surface area is 131 Å². The molecule has 3 rings (SSSR count). The number of nitrogens with one attached hydrogen (secondary N) is 1. The number of aryl methyl sites for hydroxylation is 2. The summed E-state index contributed by atoms with van der Waals surface area (Å²) in [5.74, 6) is 0. The average molecular weight is 319 g/mol. The van der Waals surface area contributed by atoms with E-state index in [1.54, 1.807) is 19.2 Å². The molecule has 0 spiro atoms. The SMILES string of the molecule is Cc1ccccc1NS(=O)(=O)c1cn(C2CCCC2)nc1C. The van der Waals surface area contributed by atoms with Gasteiger partial charge in [0.15, 0.2) is 0 Å². The number of nitrogens with zero attached hydrogens (tertiary/aromatic N) is 2. The molecule has 0 amide bonds. The van der Waals surface area contributed by atoms with Crippen molar-refractivity contribution in [3.05, 3.63) is 41.7 Å².